The molecule has 1 aliphatic heterocycles. The largest absolute Gasteiger partial charge is 0.364 e. The summed E-state index contributed by atoms with van der Waals surface area (Å²) in [7, 11) is 0. The van der Waals surface area contributed by atoms with Crippen LogP contribution in [0, 0.1) is 5.92 Å². The summed E-state index contributed by atoms with van der Waals surface area (Å²) < 4.78 is 5.87. The molecule has 0 aliphatic carbocycles. The topological polar surface area (TPSA) is 94.3 Å². The van der Waals surface area contributed by atoms with Gasteiger partial charge in [0.1, 0.15) is 28.1 Å². The van der Waals surface area contributed by atoms with Crippen molar-refractivity contribution in [1.82, 2.24) is 4.98 Å². The molecule has 1 aromatic rings. The number of nitrogens with zero attached hydrogens (tertiary/aromatic N) is 1. The number of amides is 2. The minimum atomic E-state index is -0.637. The van der Waals surface area contributed by atoms with E-state index in [9.17, 15) is 9.59 Å². The van der Waals surface area contributed by atoms with Gasteiger partial charge in [0.2, 0.25) is 0 Å². The van der Waals surface area contributed by atoms with Gasteiger partial charge in [0.15, 0.2) is 0 Å². The fourth-order valence-electron chi connectivity index (χ4n) is 2.32. The number of rotatable bonds is 3. The molecule has 1 aromatic heterocycles. The molecule has 0 bridgehead atoms. The standard InChI is InChI=1S/C14H18N3O3.Al/c1-8-6-11(20-14(8,2)3)13(19)17-9-4-5-16-10(7-9)12(15)18;/h4-8,11H,1-3H3,(H2,15,18)(H,16,17,19);/t8-,11-;/m0./s1. The molecular weight excluding hydrogens is 285 g/mol. The molecule has 21 heavy (non-hydrogen) atoms. The van der Waals surface area contributed by atoms with E-state index in [0.717, 1.165) is 0 Å². The summed E-state index contributed by atoms with van der Waals surface area (Å²) in [5.74, 6) is -0.646. The predicted octanol–water partition coefficient (Wildman–Crippen LogP) is 0.889. The fraction of sp³-hybridized carbons (Fsp3) is 0.500. The highest BCUT2D eigenvalue weighted by Crippen LogP contribution is 2.42. The third-order valence-electron chi connectivity index (χ3n) is 3.99. The number of aromatic nitrogens is 1. The SMILES string of the molecule is C[C@H]1[CH]([Al])[C@@H](C(=O)Nc2ccnc(C(N)=O)c2)OC1(C)C. The van der Waals surface area contributed by atoms with Crippen LogP contribution in [0.3, 0.4) is 0 Å². The van der Waals surface area contributed by atoms with Gasteiger partial charge >= 0.3 is 0 Å². The molecule has 110 valence electrons. The Hall–Kier alpha value is -1.42. The van der Waals surface area contributed by atoms with Crippen molar-refractivity contribution in [2.75, 3.05) is 5.32 Å². The summed E-state index contributed by atoms with van der Waals surface area (Å²) in [4.78, 5) is 27.3. The van der Waals surface area contributed by atoms with E-state index in [1.807, 2.05) is 13.8 Å². The van der Waals surface area contributed by atoms with E-state index in [1.165, 1.54) is 12.3 Å². The van der Waals surface area contributed by atoms with Crippen molar-refractivity contribution in [3.63, 3.8) is 0 Å². The van der Waals surface area contributed by atoms with Crippen molar-refractivity contribution in [2.24, 2.45) is 11.7 Å². The first kappa shape index (κ1) is 16.0. The maximum atomic E-state index is 12.4. The molecule has 0 spiro atoms. The number of hydrogen-bond donors (Lipinski definition) is 2. The van der Waals surface area contributed by atoms with Crippen molar-refractivity contribution >= 4 is 33.8 Å². The zero-order chi connectivity index (χ0) is 15.8. The summed E-state index contributed by atoms with van der Waals surface area (Å²) in [6.45, 7) is 6.00. The van der Waals surface area contributed by atoms with Crippen molar-refractivity contribution in [2.45, 2.75) is 37.3 Å². The summed E-state index contributed by atoms with van der Waals surface area (Å²) in [6, 6.07) is 3.05. The molecule has 7 heteroatoms. The van der Waals surface area contributed by atoms with Gasteiger partial charge in [-0.1, -0.05) is 11.7 Å². The average molecular weight is 303 g/mol. The minimum absolute atomic E-state index is 0.0254. The third-order valence-corrected chi connectivity index (χ3v) is 4.92. The summed E-state index contributed by atoms with van der Waals surface area (Å²) in [6.07, 6.45) is 0.876. The van der Waals surface area contributed by atoms with Crippen LogP contribution in [0.15, 0.2) is 18.3 Å². The van der Waals surface area contributed by atoms with Gasteiger partial charge in [-0.3, -0.25) is 14.6 Å². The molecule has 2 radical (unpaired) electrons. The maximum absolute atomic E-state index is 12.4. The molecule has 2 rings (SSSR count). The highest BCUT2D eigenvalue weighted by atomic mass is 27.0. The number of ether oxygens (including phenoxy) is 1. The number of carbonyl (C=O) groups excluding carboxylic acids is 2. The Morgan fingerprint density at radius 2 is 2.14 bits per heavy atom. The number of hydrogen-bond acceptors (Lipinski definition) is 4. The molecule has 3 atom stereocenters. The Bertz CT molecular complexity index is 576. The highest BCUT2D eigenvalue weighted by molar-refractivity contribution is 6.16. The Kier molecular flexibility index (Phi) is 4.38. The third kappa shape index (κ3) is 3.26. The first-order chi connectivity index (χ1) is 9.72. The second kappa shape index (κ2) is 5.76. The fourth-order valence-corrected chi connectivity index (χ4v) is 3.04. The van der Waals surface area contributed by atoms with Gasteiger partial charge in [0.05, 0.1) is 5.60 Å². The molecule has 6 nitrogen and oxygen atoms in total. The van der Waals surface area contributed by atoms with Crippen molar-refractivity contribution in [3.05, 3.63) is 24.0 Å². The molecule has 1 unspecified atom stereocenters. The molecule has 0 saturated carbocycles. The molecular formula is C14H18AlN3O3. The van der Waals surface area contributed by atoms with Crippen LogP contribution in [-0.2, 0) is 9.53 Å². The minimum Gasteiger partial charge on any atom is -0.364 e. The number of anilines is 1. The zero-order valence-corrected chi connectivity index (χ0v) is 13.4. The number of carbonyl (C=O) groups is 2. The quantitative estimate of drug-likeness (QED) is 0.811. The Balaban J connectivity index is 2.12. The first-order valence-electron chi connectivity index (χ1n) is 6.72. The van der Waals surface area contributed by atoms with Crippen LogP contribution in [0.25, 0.3) is 0 Å². The van der Waals surface area contributed by atoms with E-state index in [4.69, 9.17) is 10.5 Å². The van der Waals surface area contributed by atoms with Gasteiger partial charge in [-0.05, 0) is 31.9 Å². The lowest BCUT2D eigenvalue weighted by Gasteiger charge is -2.23. The van der Waals surface area contributed by atoms with Crippen LogP contribution in [0.2, 0.25) is 4.78 Å². The Labute approximate surface area is 131 Å². The second-order valence-corrected chi connectivity index (χ2v) is 6.56. The van der Waals surface area contributed by atoms with Crippen LogP contribution in [0.1, 0.15) is 31.3 Å². The summed E-state index contributed by atoms with van der Waals surface area (Å²) in [5, 5.41) is 2.74. The lowest BCUT2D eigenvalue weighted by atomic mass is 9.91. The number of nitrogens with two attached hydrogens (primary N) is 1. The monoisotopic (exact) mass is 303 g/mol. The van der Waals surface area contributed by atoms with Gasteiger partial charge < -0.3 is 15.8 Å². The van der Waals surface area contributed by atoms with Crippen LogP contribution in [0.5, 0.6) is 0 Å². The molecule has 0 aromatic carbocycles. The highest BCUT2D eigenvalue weighted by Gasteiger charge is 2.46. The van der Waals surface area contributed by atoms with E-state index in [-0.39, 0.29) is 27.9 Å². The Morgan fingerprint density at radius 1 is 1.48 bits per heavy atom. The molecule has 1 fully saturated rings. The summed E-state index contributed by atoms with van der Waals surface area (Å²) >= 11 is 2.68. The van der Waals surface area contributed by atoms with Crippen molar-refractivity contribution < 1.29 is 14.3 Å². The normalized spacial score (nSPS) is 27.3. The van der Waals surface area contributed by atoms with Crippen LogP contribution in [0.4, 0.5) is 5.69 Å². The van der Waals surface area contributed by atoms with Gasteiger partial charge in [-0.2, -0.15) is 0 Å². The molecule has 2 heterocycles. The maximum Gasteiger partial charge on any atom is 0.267 e. The van der Waals surface area contributed by atoms with Crippen molar-refractivity contribution in [1.29, 1.82) is 0 Å². The molecule has 3 N–H and O–H groups in total. The number of nitrogens with one attached hydrogen (secondary N) is 1. The van der Waals surface area contributed by atoms with Crippen LogP contribution in [-0.4, -0.2) is 44.8 Å². The van der Waals surface area contributed by atoms with Gasteiger partial charge in [-0.15, -0.1) is 0 Å². The molecule has 2 amide bonds. The second-order valence-electron chi connectivity index (χ2n) is 5.79. The van der Waals surface area contributed by atoms with Crippen LogP contribution < -0.4 is 11.1 Å². The smallest absolute Gasteiger partial charge is 0.267 e. The lowest BCUT2D eigenvalue weighted by Crippen LogP contribution is -2.32. The molecule has 1 aliphatic rings. The van der Waals surface area contributed by atoms with E-state index >= 15 is 0 Å². The molecule has 1 saturated heterocycles. The van der Waals surface area contributed by atoms with Gasteiger partial charge in [0.25, 0.3) is 11.8 Å². The zero-order valence-electron chi connectivity index (χ0n) is 12.3. The van der Waals surface area contributed by atoms with E-state index in [0.29, 0.717) is 5.69 Å². The number of primary amides is 1. The Morgan fingerprint density at radius 3 is 2.67 bits per heavy atom. The first-order valence-corrected chi connectivity index (χ1v) is 7.39. The predicted molar refractivity (Wildman–Crippen MR) is 79.0 cm³/mol. The average Bonchev–Trinajstić information content (AvgIpc) is 2.62. The van der Waals surface area contributed by atoms with E-state index in [2.05, 4.69) is 33.5 Å². The van der Waals surface area contributed by atoms with Gasteiger partial charge in [0, 0.05) is 11.9 Å². The van der Waals surface area contributed by atoms with E-state index < -0.39 is 12.0 Å². The lowest BCUT2D eigenvalue weighted by molar-refractivity contribution is -0.130. The number of pyridine rings is 1. The van der Waals surface area contributed by atoms with Gasteiger partial charge in [-0.25, -0.2) is 0 Å². The van der Waals surface area contributed by atoms with Crippen molar-refractivity contribution in [3.8, 4) is 0 Å². The van der Waals surface area contributed by atoms with Crippen LogP contribution >= 0.6 is 0 Å². The van der Waals surface area contributed by atoms with E-state index in [1.54, 1.807) is 6.07 Å². The summed E-state index contributed by atoms with van der Waals surface area (Å²) in [5.41, 5.74) is 5.39.